The lowest BCUT2D eigenvalue weighted by atomic mass is 10.4. The van der Waals surface area contributed by atoms with Crippen LogP contribution in [0.3, 0.4) is 0 Å². The minimum Gasteiger partial charge on any atom is -0.467 e. The molecule has 0 radical (unpaired) electrons. The van der Waals surface area contributed by atoms with Gasteiger partial charge in [-0.25, -0.2) is 4.79 Å². The van der Waals surface area contributed by atoms with E-state index in [0.717, 1.165) is 4.88 Å². The average molecular weight is 318 g/mol. The molecule has 3 heterocycles. The Hall–Kier alpha value is -2.32. The zero-order valence-corrected chi connectivity index (χ0v) is 12.9. The Balaban J connectivity index is 1.83. The molecule has 3 aromatic heterocycles. The molecular formula is C14H14N4O3S. The van der Waals surface area contributed by atoms with E-state index in [0.29, 0.717) is 17.2 Å². The molecule has 3 aromatic rings. The van der Waals surface area contributed by atoms with Crippen LogP contribution >= 0.6 is 11.3 Å². The van der Waals surface area contributed by atoms with E-state index < -0.39 is 12.1 Å². The number of hydrogen-bond acceptors (Lipinski definition) is 7. The van der Waals surface area contributed by atoms with Crippen LogP contribution in [0, 0.1) is 0 Å². The van der Waals surface area contributed by atoms with Gasteiger partial charge in [0.2, 0.25) is 0 Å². The van der Waals surface area contributed by atoms with Gasteiger partial charge >= 0.3 is 5.97 Å². The van der Waals surface area contributed by atoms with Crippen molar-refractivity contribution in [3.63, 3.8) is 0 Å². The number of methoxy groups -OCH3 is 1. The number of carbonyl (C=O) groups excluding carboxylic acids is 1. The molecule has 0 aromatic carbocycles. The van der Waals surface area contributed by atoms with Gasteiger partial charge in [-0.1, -0.05) is 6.07 Å². The normalized spacial score (nSPS) is 12.5. The summed E-state index contributed by atoms with van der Waals surface area (Å²) in [5, 5.41) is 14.7. The fraction of sp³-hybridized carbons (Fsp3) is 0.286. The Morgan fingerprint density at radius 2 is 2.23 bits per heavy atom. The van der Waals surface area contributed by atoms with Crippen molar-refractivity contribution in [1.29, 1.82) is 0 Å². The molecule has 1 atom stereocenters. The summed E-state index contributed by atoms with van der Waals surface area (Å²) >= 11 is 1.57. The van der Waals surface area contributed by atoms with Crippen LogP contribution in [0.1, 0.15) is 12.6 Å². The summed E-state index contributed by atoms with van der Waals surface area (Å²) in [6.45, 7) is 1.84. The van der Waals surface area contributed by atoms with Crippen molar-refractivity contribution in [3.8, 4) is 10.7 Å². The zero-order chi connectivity index (χ0) is 15.5. The highest BCUT2D eigenvalue weighted by Gasteiger charge is 2.15. The molecular weight excluding hydrogens is 304 g/mol. The van der Waals surface area contributed by atoms with Gasteiger partial charge in [0, 0.05) is 0 Å². The van der Waals surface area contributed by atoms with E-state index in [1.165, 1.54) is 7.11 Å². The van der Waals surface area contributed by atoms with E-state index in [1.807, 2.05) is 23.6 Å². The van der Waals surface area contributed by atoms with E-state index in [1.54, 1.807) is 28.8 Å². The van der Waals surface area contributed by atoms with E-state index in [-0.39, 0.29) is 6.61 Å². The molecule has 0 bridgehead atoms. The predicted octanol–water partition coefficient (Wildman–Crippen LogP) is 1.93. The van der Waals surface area contributed by atoms with Gasteiger partial charge in [0.05, 0.1) is 24.3 Å². The molecule has 0 aliphatic heterocycles. The smallest absolute Gasteiger partial charge is 0.334 e. The van der Waals surface area contributed by atoms with Crippen LogP contribution in [0.5, 0.6) is 0 Å². The summed E-state index contributed by atoms with van der Waals surface area (Å²) in [5.74, 6) is 0.275. The Kier molecular flexibility index (Phi) is 4.12. The molecule has 0 saturated carbocycles. The van der Waals surface area contributed by atoms with Crippen LogP contribution in [0.25, 0.3) is 16.3 Å². The van der Waals surface area contributed by atoms with Gasteiger partial charge in [0.15, 0.2) is 17.6 Å². The largest absolute Gasteiger partial charge is 0.467 e. The van der Waals surface area contributed by atoms with Gasteiger partial charge in [-0.15, -0.1) is 21.5 Å². The van der Waals surface area contributed by atoms with Gasteiger partial charge < -0.3 is 9.47 Å². The van der Waals surface area contributed by atoms with Gasteiger partial charge in [-0.3, -0.25) is 0 Å². The van der Waals surface area contributed by atoms with E-state index in [2.05, 4.69) is 20.0 Å². The van der Waals surface area contributed by atoms with Crippen molar-refractivity contribution in [2.75, 3.05) is 7.11 Å². The molecule has 0 fully saturated rings. The number of esters is 1. The third kappa shape index (κ3) is 2.83. The Bertz CT molecular complexity index is 785. The summed E-state index contributed by atoms with van der Waals surface area (Å²) in [5.41, 5.74) is 1.34. The molecule has 0 aliphatic carbocycles. The highest BCUT2D eigenvalue weighted by Crippen LogP contribution is 2.22. The fourth-order valence-electron chi connectivity index (χ4n) is 1.91. The highest BCUT2D eigenvalue weighted by atomic mass is 32.1. The summed E-state index contributed by atoms with van der Waals surface area (Å²) in [6, 6.07) is 7.53. The zero-order valence-electron chi connectivity index (χ0n) is 12.1. The number of rotatable bonds is 5. The van der Waals surface area contributed by atoms with E-state index in [9.17, 15) is 4.79 Å². The molecule has 7 nitrogen and oxygen atoms in total. The molecule has 0 spiro atoms. The molecule has 0 amide bonds. The number of nitrogens with zero attached hydrogens (tertiary/aromatic N) is 4. The van der Waals surface area contributed by atoms with Crippen molar-refractivity contribution < 1.29 is 14.3 Å². The second kappa shape index (κ2) is 6.20. The second-order valence-electron chi connectivity index (χ2n) is 4.57. The first-order valence-corrected chi connectivity index (χ1v) is 7.51. The van der Waals surface area contributed by atoms with E-state index in [4.69, 9.17) is 4.74 Å². The molecule has 114 valence electrons. The van der Waals surface area contributed by atoms with Crippen molar-refractivity contribution >= 4 is 23.0 Å². The van der Waals surface area contributed by atoms with Gasteiger partial charge in [0.1, 0.15) is 0 Å². The maximum atomic E-state index is 11.3. The van der Waals surface area contributed by atoms with Crippen molar-refractivity contribution in [1.82, 2.24) is 19.8 Å². The van der Waals surface area contributed by atoms with Crippen molar-refractivity contribution in [2.45, 2.75) is 19.6 Å². The van der Waals surface area contributed by atoms with Gasteiger partial charge in [0.25, 0.3) is 0 Å². The SMILES string of the molecule is COC(=O)C(C)OCc1ccc2nnc(-c3cccs3)n2n1. The lowest BCUT2D eigenvalue weighted by Gasteiger charge is -2.10. The third-order valence-electron chi connectivity index (χ3n) is 3.07. The Morgan fingerprint density at radius 1 is 1.36 bits per heavy atom. The second-order valence-corrected chi connectivity index (χ2v) is 5.52. The monoisotopic (exact) mass is 318 g/mol. The number of ether oxygens (including phenoxy) is 2. The first-order valence-electron chi connectivity index (χ1n) is 6.63. The molecule has 1 unspecified atom stereocenters. The minimum atomic E-state index is -0.639. The van der Waals surface area contributed by atoms with Crippen LogP contribution in [0.4, 0.5) is 0 Å². The molecule has 0 aliphatic rings. The van der Waals surface area contributed by atoms with Crippen molar-refractivity contribution in [3.05, 3.63) is 35.3 Å². The maximum Gasteiger partial charge on any atom is 0.334 e. The van der Waals surface area contributed by atoms with Crippen molar-refractivity contribution in [2.24, 2.45) is 0 Å². The summed E-state index contributed by atoms with van der Waals surface area (Å²) in [4.78, 5) is 12.3. The Labute approximate surface area is 130 Å². The van der Waals surface area contributed by atoms with Crippen LogP contribution < -0.4 is 0 Å². The Morgan fingerprint density at radius 3 is 2.95 bits per heavy atom. The van der Waals surface area contributed by atoms with Crippen LogP contribution in [0.2, 0.25) is 0 Å². The quantitative estimate of drug-likeness (QED) is 0.669. The molecule has 0 N–H and O–H groups in total. The number of aromatic nitrogens is 4. The van der Waals surface area contributed by atoms with Crippen LogP contribution in [-0.2, 0) is 20.9 Å². The lowest BCUT2D eigenvalue weighted by molar-refractivity contribution is -0.153. The van der Waals surface area contributed by atoms with Gasteiger partial charge in [-0.05, 0) is 30.5 Å². The van der Waals surface area contributed by atoms with Crippen LogP contribution in [0.15, 0.2) is 29.6 Å². The average Bonchev–Trinajstić information content (AvgIpc) is 3.19. The topological polar surface area (TPSA) is 78.6 Å². The minimum absolute atomic E-state index is 0.203. The summed E-state index contributed by atoms with van der Waals surface area (Å²) < 4.78 is 11.7. The first-order chi connectivity index (χ1) is 10.7. The van der Waals surface area contributed by atoms with E-state index >= 15 is 0 Å². The number of thiophene rings is 1. The number of carbonyl (C=O) groups is 1. The number of hydrogen-bond donors (Lipinski definition) is 0. The molecule has 8 heteroatoms. The third-order valence-corrected chi connectivity index (χ3v) is 3.94. The summed E-state index contributed by atoms with van der Waals surface area (Å²) in [7, 11) is 1.33. The summed E-state index contributed by atoms with van der Waals surface area (Å²) in [6.07, 6.45) is -0.639. The maximum absolute atomic E-state index is 11.3. The molecule has 0 saturated heterocycles. The predicted molar refractivity (Wildman–Crippen MR) is 80.4 cm³/mol. The molecule has 3 rings (SSSR count). The number of fused-ring (bicyclic) bond motifs is 1. The first kappa shape index (κ1) is 14.6. The lowest BCUT2D eigenvalue weighted by Crippen LogP contribution is -2.22. The van der Waals surface area contributed by atoms with Crippen LogP contribution in [-0.4, -0.2) is 39.0 Å². The highest BCUT2D eigenvalue weighted by molar-refractivity contribution is 7.13. The molecule has 22 heavy (non-hydrogen) atoms. The standard InChI is InChI=1S/C14H14N4O3S/c1-9(14(19)20-2)21-8-10-5-6-12-15-16-13(18(12)17-10)11-4-3-7-22-11/h3-7,9H,8H2,1-2H3. The van der Waals surface area contributed by atoms with Gasteiger partial charge in [-0.2, -0.15) is 9.61 Å². The fourth-order valence-corrected chi connectivity index (χ4v) is 2.60.